The number of nitrogens with zero attached hydrogens (tertiary/aromatic N) is 1. The van der Waals surface area contributed by atoms with Gasteiger partial charge in [-0.05, 0) is 18.1 Å². The van der Waals surface area contributed by atoms with E-state index in [9.17, 15) is 13.5 Å². The summed E-state index contributed by atoms with van der Waals surface area (Å²) in [4.78, 5) is 1.96. The van der Waals surface area contributed by atoms with Crippen molar-refractivity contribution in [3.05, 3.63) is 42.0 Å². The van der Waals surface area contributed by atoms with Crippen molar-refractivity contribution in [1.29, 1.82) is 0 Å². The number of nitrogens with one attached hydrogen (secondary N) is 1. The number of aromatic hydroxyl groups is 1. The second-order valence-corrected chi connectivity index (χ2v) is 5.20. The van der Waals surface area contributed by atoms with Crippen molar-refractivity contribution in [2.24, 2.45) is 5.10 Å². The molecule has 0 heterocycles. The normalized spacial score (nSPS) is 11.6. The van der Waals surface area contributed by atoms with Gasteiger partial charge in [0.2, 0.25) is 10.0 Å². The molecule has 1 aromatic rings. The number of allylic oxidation sites excluding steroid dienone is 1. The molecule has 1 aromatic carbocycles. The van der Waals surface area contributed by atoms with Crippen LogP contribution in [-0.2, 0) is 16.4 Å². The fourth-order valence-corrected chi connectivity index (χ4v) is 1.47. The van der Waals surface area contributed by atoms with E-state index in [0.717, 1.165) is 6.26 Å². The van der Waals surface area contributed by atoms with Crippen LogP contribution in [0.15, 0.2) is 36.0 Å². The fourth-order valence-electron chi connectivity index (χ4n) is 1.23. The maximum absolute atomic E-state index is 10.8. The summed E-state index contributed by atoms with van der Waals surface area (Å²) in [6, 6.07) is 5.15. The molecule has 0 amide bonds. The van der Waals surface area contributed by atoms with Gasteiger partial charge in [-0.15, -0.1) is 6.58 Å². The van der Waals surface area contributed by atoms with Gasteiger partial charge in [0.25, 0.3) is 0 Å². The van der Waals surface area contributed by atoms with Gasteiger partial charge in [0.15, 0.2) is 0 Å². The highest BCUT2D eigenvalue weighted by Gasteiger charge is 2.03. The molecule has 2 N–H and O–H groups in total. The van der Waals surface area contributed by atoms with Crippen molar-refractivity contribution in [2.45, 2.75) is 6.42 Å². The summed E-state index contributed by atoms with van der Waals surface area (Å²) in [6.07, 6.45) is 4.46. The number of hydrazone groups is 1. The molecule has 0 saturated heterocycles. The summed E-state index contributed by atoms with van der Waals surface area (Å²) < 4.78 is 21.6. The van der Waals surface area contributed by atoms with Crippen LogP contribution < -0.4 is 4.83 Å². The molecule has 0 unspecified atom stereocenters. The second-order valence-electron chi connectivity index (χ2n) is 3.47. The Labute approximate surface area is 101 Å². The van der Waals surface area contributed by atoms with Gasteiger partial charge in [0.05, 0.1) is 12.5 Å². The Hall–Kier alpha value is -1.82. The van der Waals surface area contributed by atoms with Crippen LogP contribution in [0.4, 0.5) is 0 Å². The number of sulfonamides is 1. The first-order valence-corrected chi connectivity index (χ1v) is 6.75. The molecule has 0 saturated carbocycles. The van der Waals surface area contributed by atoms with Crippen LogP contribution in [0.25, 0.3) is 0 Å². The number of phenolic OH excluding ortho intramolecular Hbond substituents is 1. The highest BCUT2D eigenvalue weighted by molar-refractivity contribution is 7.88. The van der Waals surface area contributed by atoms with Gasteiger partial charge in [-0.25, -0.2) is 13.2 Å². The van der Waals surface area contributed by atoms with Crippen molar-refractivity contribution in [2.75, 3.05) is 6.26 Å². The molecule has 0 aliphatic carbocycles. The number of rotatable bonds is 5. The molecule has 5 nitrogen and oxygen atoms in total. The van der Waals surface area contributed by atoms with Crippen LogP contribution in [0.3, 0.4) is 0 Å². The Morgan fingerprint density at radius 2 is 2.24 bits per heavy atom. The van der Waals surface area contributed by atoms with Gasteiger partial charge < -0.3 is 5.11 Å². The maximum atomic E-state index is 10.8. The monoisotopic (exact) mass is 254 g/mol. The summed E-state index contributed by atoms with van der Waals surface area (Å²) in [5.74, 6) is 0.0754. The molecule has 0 fully saturated rings. The fraction of sp³-hybridized carbons (Fsp3) is 0.182. The molecule has 92 valence electrons. The van der Waals surface area contributed by atoms with Crippen molar-refractivity contribution in [1.82, 2.24) is 4.83 Å². The van der Waals surface area contributed by atoms with E-state index in [4.69, 9.17) is 0 Å². The molecule has 0 atom stereocenters. The van der Waals surface area contributed by atoms with E-state index in [1.165, 1.54) is 6.21 Å². The predicted octanol–water partition coefficient (Wildman–Crippen LogP) is 1.00. The number of hydrogen-bond donors (Lipinski definition) is 2. The zero-order chi connectivity index (χ0) is 12.9. The molecular formula is C11H14N2O3S. The van der Waals surface area contributed by atoms with Gasteiger partial charge in [-0.3, -0.25) is 0 Å². The van der Waals surface area contributed by atoms with E-state index < -0.39 is 10.0 Å². The standard InChI is InChI=1S/C11H14N2O3S/c1-3-5-9-6-4-7-10(11(9)14)8-12-13-17(2,15)16/h3-4,6-8,13-14H,1,5H2,2H3/b12-8+. The minimum Gasteiger partial charge on any atom is -0.507 e. The molecule has 0 spiro atoms. The van der Waals surface area contributed by atoms with Crippen LogP contribution >= 0.6 is 0 Å². The first-order chi connectivity index (χ1) is 7.94. The first-order valence-electron chi connectivity index (χ1n) is 4.85. The lowest BCUT2D eigenvalue weighted by Gasteiger charge is -2.04. The molecule has 1 rings (SSSR count). The Kier molecular flexibility index (Phi) is 4.28. The Morgan fingerprint density at radius 1 is 1.53 bits per heavy atom. The van der Waals surface area contributed by atoms with Crippen molar-refractivity contribution in [3.8, 4) is 5.75 Å². The lowest BCUT2D eigenvalue weighted by atomic mass is 10.1. The van der Waals surface area contributed by atoms with Gasteiger partial charge in [-0.2, -0.15) is 5.10 Å². The van der Waals surface area contributed by atoms with Crippen LogP contribution in [-0.4, -0.2) is 26.0 Å². The molecule has 0 aromatic heterocycles. The zero-order valence-corrected chi connectivity index (χ0v) is 10.2. The topological polar surface area (TPSA) is 78.8 Å². The van der Waals surface area contributed by atoms with E-state index in [0.29, 0.717) is 17.5 Å². The summed E-state index contributed by atoms with van der Waals surface area (Å²) in [5, 5.41) is 13.4. The predicted molar refractivity (Wildman–Crippen MR) is 67.6 cm³/mol. The number of para-hydroxylation sites is 1. The Morgan fingerprint density at radius 3 is 2.82 bits per heavy atom. The number of benzene rings is 1. The van der Waals surface area contributed by atoms with Crippen molar-refractivity contribution < 1.29 is 13.5 Å². The number of phenols is 1. The highest BCUT2D eigenvalue weighted by Crippen LogP contribution is 2.21. The first kappa shape index (κ1) is 13.2. The van der Waals surface area contributed by atoms with E-state index in [-0.39, 0.29) is 5.75 Å². The third-order valence-electron chi connectivity index (χ3n) is 1.94. The molecule has 0 aliphatic rings. The summed E-state index contributed by atoms with van der Waals surface area (Å²) >= 11 is 0. The SMILES string of the molecule is C=CCc1cccc(/C=N/NS(C)(=O)=O)c1O. The lowest BCUT2D eigenvalue weighted by Crippen LogP contribution is -2.15. The minimum absolute atomic E-state index is 0.0754. The summed E-state index contributed by atoms with van der Waals surface area (Å²) in [7, 11) is -3.37. The largest absolute Gasteiger partial charge is 0.507 e. The van der Waals surface area contributed by atoms with Crippen molar-refractivity contribution in [3.63, 3.8) is 0 Å². The maximum Gasteiger partial charge on any atom is 0.244 e. The number of hydrogen-bond acceptors (Lipinski definition) is 4. The average molecular weight is 254 g/mol. The van der Waals surface area contributed by atoms with E-state index in [2.05, 4.69) is 11.7 Å². The minimum atomic E-state index is -3.37. The quantitative estimate of drug-likeness (QED) is 0.467. The second kappa shape index (κ2) is 5.49. The summed E-state index contributed by atoms with van der Waals surface area (Å²) in [5.41, 5.74) is 1.16. The average Bonchev–Trinajstić information content (AvgIpc) is 2.22. The van der Waals surface area contributed by atoms with E-state index >= 15 is 0 Å². The molecule has 6 heteroatoms. The van der Waals surface area contributed by atoms with Crippen LogP contribution in [0, 0.1) is 0 Å². The van der Waals surface area contributed by atoms with Crippen molar-refractivity contribution >= 4 is 16.2 Å². The van der Waals surface area contributed by atoms with Gasteiger partial charge in [-0.1, -0.05) is 18.2 Å². The molecule has 0 aliphatic heterocycles. The Balaban J connectivity index is 2.92. The van der Waals surface area contributed by atoms with Crippen LogP contribution in [0.2, 0.25) is 0 Å². The van der Waals surface area contributed by atoms with Gasteiger partial charge >= 0.3 is 0 Å². The van der Waals surface area contributed by atoms with Crippen LogP contribution in [0.1, 0.15) is 11.1 Å². The Bertz CT molecular complexity index is 536. The third kappa shape index (κ3) is 4.28. The molecule has 0 radical (unpaired) electrons. The van der Waals surface area contributed by atoms with Gasteiger partial charge in [0, 0.05) is 5.56 Å². The molecule has 0 bridgehead atoms. The zero-order valence-electron chi connectivity index (χ0n) is 9.42. The van der Waals surface area contributed by atoms with E-state index in [1.54, 1.807) is 24.3 Å². The van der Waals surface area contributed by atoms with Crippen LogP contribution in [0.5, 0.6) is 5.75 Å². The van der Waals surface area contributed by atoms with Gasteiger partial charge in [0.1, 0.15) is 5.75 Å². The summed E-state index contributed by atoms with van der Waals surface area (Å²) in [6.45, 7) is 3.58. The lowest BCUT2D eigenvalue weighted by molar-refractivity contribution is 0.469. The smallest absolute Gasteiger partial charge is 0.244 e. The highest BCUT2D eigenvalue weighted by atomic mass is 32.2. The van der Waals surface area contributed by atoms with E-state index in [1.807, 2.05) is 4.83 Å². The molecular weight excluding hydrogens is 240 g/mol. The third-order valence-corrected chi connectivity index (χ3v) is 2.37. The molecule has 17 heavy (non-hydrogen) atoms.